The maximum Gasteiger partial charge on any atom is 0.319 e. The van der Waals surface area contributed by atoms with Crippen molar-refractivity contribution in [2.24, 2.45) is 0 Å². The smallest absolute Gasteiger partial charge is 0.319 e. The number of nitrogens with one attached hydrogen (secondary N) is 3. The number of amides is 2. The van der Waals surface area contributed by atoms with Crippen LogP contribution in [0.15, 0.2) is 53.7 Å². The molecule has 34 heavy (non-hydrogen) atoms. The molecule has 3 N–H and O–H groups in total. The zero-order valence-corrected chi connectivity index (χ0v) is 20.2. The summed E-state index contributed by atoms with van der Waals surface area (Å²) in [5.74, 6) is 0. The van der Waals surface area contributed by atoms with Crippen LogP contribution in [0.25, 0.3) is 0 Å². The Labute approximate surface area is 201 Å². The summed E-state index contributed by atoms with van der Waals surface area (Å²) in [7, 11) is -3.62. The molecule has 0 radical (unpaired) electrons. The first-order valence-corrected chi connectivity index (χ1v) is 13.7. The van der Waals surface area contributed by atoms with Crippen molar-refractivity contribution in [2.75, 3.05) is 5.32 Å². The molecular weight excluding hydrogens is 452 g/mol. The number of sulfonamides is 1. The van der Waals surface area contributed by atoms with Crippen LogP contribution in [0.3, 0.4) is 0 Å². The van der Waals surface area contributed by atoms with Gasteiger partial charge in [0.2, 0.25) is 10.0 Å². The lowest BCUT2D eigenvalue weighted by Gasteiger charge is -2.33. The van der Waals surface area contributed by atoms with Gasteiger partial charge in [-0.25, -0.2) is 17.9 Å². The summed E-state index contributed by atoms with van der Waals surface area (Å²) >= 11 is 0. The van der Waals surface area contributed by atoms with Crippen LogP contribution < -0.4 is 15.4 Å². The minimum absolute atomic E-state index is 0.0766. The van der Waals surface area contributed by atoms with Crippen molar-refractivity contribution in [2.45, 2.75) is 87.5 Å². The van der Waals surface area contributed by atoms with Crippen LogP contribution in [0.1, 0.15) is 63.4 Å². The van der Waals surface area contributed by atoms with E-state index in [1.165, 1.54) is 31.4 Å². The zero-order chi connectivity index (χ0) is 23.8. The molecule has 0 aliphatic heterocycles. The van der Waals surface area contributed by atoms with Crippen molar-refractivity contribution in [3.05, 3.63) is 54.4 Å². The van der Waals surface area contributed by atoms with Crippen LogP contribution in [0.5, 0.6) is 0 Å². The summed E-state index contributed by atoms with van der Waals surface area (Å²) in [6.45, 7) is 0.351. The highest BCUT2D eigenvalue weighted by Crippen LogP contribution is 2.28. The third-order valence-electron chi connectivity index (χ3n) is 6.53. The number of benzene rings is 1. The van der Waals surface area contributed by atoms with Gasteiger partial charge >= 0.3 is 6.03 Å². The number of aromatic nitrogens is 1. The fourth-order valence-corrected chi connectivity index (χ4v) is 5.96. The Kier molecular flexibility index (Phi) is 8.53. The fraction of sp³-hybridized carbons (Fsp3) is 0.520. The normalized spacial score (nSPS) is 21.6. The van der Waals surface area contributed by atoms with E-state index >= 15 is 0 Å². The van der Waals surface area contributed by atoms with Crippen molar-refractivity contribution in [1.29, 1.82) is 0 Å². The van der Waals surface area contributed by atoms with E-state index in [-0.39, 0.29) is 23.1 Å². The van der Waals surface area contributed by atoms with E-state index in [2.05, 4.69) is 20.3 Å². The first-order valence-electron chi connectivity index (χ1n) is 12.2. The van der Waals surface area contributed by atoms with Crippen LogP contribution in [0.2, 0.25) is 0 Å². The Morgan fingerprint density at radius 1 is 0.941 bits per heavy atom. The average molecular weight is 487 g/mol. The van der Waals surface area contributed by atoms with Gasteiger partial charge in [0.25, 0.3) is 0 Å². The average Bonchev–Trinajstić information content (AvgIpc) is 2.85. The summed E-state index contributed by atoms with van der Waals surface area (Å²) < 4.78 is 34.8. The van der Waals surface area contributed by atoms with Crippen molar-refractivity contribution >= 4 is 21.7 Å². The highest BCUT2D eigenvalue weighted by atomic mass is 32.2. The highest BCUT2D eigenvalue weighted by Gasteiger charge is 2.28. The molecule has 2 amide bonds. The minimum Gasteiger partial charge on any atom is -0.375 e. The van der Waals surface area contributed by atoms with E-state index in [0.717, 1.165) is 44.1 Å². The van der Waals surface area contributed by atoms with Crippen LogP contribution in [-0.4, -0.2) is 37.7 Å². The largest absolute Gasteiger partial charge is 0.375 e. The van der Waals surface area contributed by atoms with Crippen molar-refractivity contribution in [1.82, 2.24) is 15.0 Å². The Hall–Kier alpha value is -2.49. The van der Waals surface area contributed by atoms with Crippen molar-refractivity contribution in [3.63, 3.8) is 0 Å². The van der Waals surface area contributed by atoms with Gasteiger partial charge in [-0.3, -0.25) is 4.98 Å². The maximum atomic E-state index is 12.8. The molecule has 1 aromatic heterocycles. The molecule has 4 rings (SSSR count). The molecule has 9 heteroatoms. The summed E-state index contributed by atoms with van der Waals surface area (Å²) in [5, 5.41) is 5.46. The molecular formula is C25H34N4O4S. The second kappa shape index (κ2) is 11.8. The second-order valence-corrected chi connectivity index (χ2v) is 10.9. The first-order chi connectivity index (χ1) is 16.5. The number of urea groups is 1. The first kappa shape index (κ1) is 24.6. The maximum absolute atomic E-state index is 12.8. The van der Waals surface area contributed by atoms with Crippen LogP contribution in [-0.2, 0) is 21.3 Å². The lowest BCUT2D eigenvalue weighted by atomic mass is 9.92. The van der Waals surface area contributed by atoms with E-state index in [1.807, 2.05) is 6.07 Å². The Bertz CT molecular complexity index is 1020. The number of nitrogens with zero attached hydrogens (tertiary/aromatic N) is 1. The number of carbonyl (C=O) groups excluding carboxylic acids is 1. The van der Waals surface area contributed by atoms with Gasteiger partial charge in [-0.15, -0.1) is 0 Å². The lowest BCUT2D eigenvalue weighted by Crippen LogP contribution is -2.39. The van der Waals surface area contributed by atoms with E-state index in [1.54, 1.807) is 30.6 Å². The predicted molar refractivity (Wildman–Crippen MR) is 131 cm³/mol. The number of hydrogen-bond acceptors (Lipinski definition) is 5. The third kappa shape index (κ3) is 7.25. The van der Waals surface area contributed by atoms with Gasteiger partial charge in [0, 0.05) is 30.7 Å². The minimum atomic E-state index is -3.62. The Morgan fingerprint density at radius 3 is 2.32 bits per heavy atom. The van der Waals surface area contributed by atoms with Gasteiger partial charge in [0.1, 0.15) is 0 Å². The van der Waals surface area contributed by atoms with Gasteiger partial charge < -0.3 is 15.4 Å². The topological polar surface area (TPSA) is 109 Å². The molecule has 0 saturated heterocycles. The Balaban J connectivity index is 1.22. The van der Waals surface area contributed by atoms with Gasteiger partial charge in [-0.1, -0.05) is 25.3 Å². The van der Waals surface area contributed by atoms with E-state index in [9.17, 15) is 13.2 Å². The summed E-state index contributed by atoms with van der Waals surface area (Å²) in [6.07, 6.45) is 13.5. The van der Waals surface area contributed by atoms with Gasteiger partial charge in [-0.2, -0.15) is 0 Å². The van der Waals surface area contributed by atoms with Crippen LogP contribution >= 0.6 is 0 Å². The predicted octanol–water partition coefficient (Wildman–Crippen LogP) is 4.34. The molecule has 2 aromatic rings. The summed E-state index contributed by atoms with van der Waals surface area (Å²) in [5.41, 5.74) is 1.41. The number of anilines is 1. The number of hydrogen-bond donors (Lipinski definition) is 3. The van der Waals surface area contributed by atoms with Crippen molar-refractivity contribution in [3.8, 4) is 0 Å². The number of carbonyl (C=O) groups is 1. The zero-order valence-electron chi connectivity index (χ0n) is 19.4. The summed E-state index contributed by atoms with van der Waals surface area (Å²) in [4.78, 5) is 16.3. The van der Waals surface area contributed by atoms with E-state index in [4.69, 9.17) is 4.74 Å². The third-order valence-corrected chi connectivity index (χ3v) is 8.07. The molecule has 2 aliphatic carbocycles. The van der Waals surface area contributed by atoms with E-state index < -0.39 is 10.0 Å². The molecule has 2 fully saturated rings. The molecule has 0 atom stereocenters. The molecule has 184 valence electrons. The summed E-state index contributed by atoms with van der Waals surface area (Å²) in [6, 6.07) is 9.43. The molecule has 8 nitrogen and oxygen atoms in total. The SMILES string of the molecule is O=C(NCc1cccnc1)Nc1ccc(S(=O)(=O)NC2CCC(OC3CCCCC3)CC2)cc1. The highest BCUT2D eigenvalue weighted by molar-refractivity contribution is 7.89. The quantitative estimate of drug-likeness (QED) is 0.514. The molecule has 2 saturated carbocycles. The molecule has 0 unspecified atom stereocenters. The number of pyridine rings is 1. The standard InChI is InChI=1S/C25H34N4O4S/c30-25(27-18-19-5-4-16-26-17-19)28-20-10-14-24(15-11-20)34(31,32)29-21-8-12-23(13-9-21)33-22-6-2-1-3-7-22/h4-5,10-11,14-17,21-23,29H,1-3,6-9,12-13,18H2,(H2,27,28,30). The van der Waals surface area contributed by atoms with Crippen LogP contribution in [0.4, 0.5) is 10.5 Å². The number of rotatable bonds is 8. The van der Waals surface area contributed by atoms with E-state index in [0.29, 0.717) is 18.3 Å². The monoisotopic (exact) mass is 486 g/mol. The number of ether oxygens (including phenoxy) is 1. The lowest BCUT2D eigenvalue weighted by molar-refractivity contribution is -0.0474. The van der Waals surface area contributed by atoms with Crippen LogP contribution in [0, 0.1) is 0 Å². The van der Waals surface area contributed by atoms with Gasteiger partial charge in [-0.05, 0) is 74.4 Å². The molecule has 1 heterocycles. The second-order valence-electron chi connectivity index (χ2n) is 9.18. The van der Waals surface area contributed by atoms with Crippen molar-refractivity contribution < 1.29 is 17.9 Å². The molecule has 0 bridgehead atoms. The molecule has 2 aliphatic rings. The Morgan fingerprint density at radius 2 is 1.65 bits per heavy atom. The van der Waals surface area contributed by atoms with Gasteiger partial charge in [0.05, 0.1) is 17.1 Å². The fourth-order valence-electron chi connectivity index (χ4n) is 4.66. The van der Waals surface area contributed by atoms with Gasteiger partial charge in [0.15, 0.2) is 0 Å². The molecule has 0 spiro atoms. The molecule has 1 aromatic carbocycles.